The number of aromatic nitrogens is 1. The lowest BCUT2D eigenvalue weighted by Gasteiger charge is -2.32. The second-order valence-electron chi connectivity index (χ2n) is 6.26. The molecule has 0 aromatic carbocycles. The van der Waals surface area contributed by atoms with Crippen LogP contribution in [0.3, 0.4) is 0 Å². The number of hydrogen-bond donors (Lipinski definition) is 1. The van der Waals surface area contributed by atoms with Crippen LogP contribution in [0.2, 0.25) is 0 Å². The molecule has 23 heavy (non-hydrogen) atoms. The van der Waals surface area contributed by atoms with Gasteiger partial charge < -0.3 is 10.2 Å². The van der Waals surface area contributed by atoms with E-state index in [2.05, 4.69) is 15.2 Å². The third-order valence-corrected chi connectivity index (χ3v) is 5.81. The predicted molar refractivity (Wildman–Crippen MR) is 100.0 cm³/mol. The van der Waals surface area contributed by atoms with Crippen molar-refractivity contribution in [3.8, 4) is 0 Å². The molecule has 2 aliphatic rings. The van der Waals surface area contributed by atoms with Crippen LogP contribution in [0.15, 0.2) is 11.6 Å². The van der Waals surface area contributed by atoms with Crippen LogP contribution in [0.1, 0.15) is 49.5 Å². The highest BCUT2D eigenvalue weighted by Gasteiger charge is 2.25. The maximum Gasteiger partial charge on any atom is 0.222 e. The van der Waals surface area contributed by atoms with Crippen molar-refractivity contribution in [2.24, 2.45) is 5.92 Å². The van der Waals surface area contributed by atoms with Crippen LogP contribution < -0.4 is 5.32 Å². The minimum atomic E-state index is 0. The molecule has 4 nitrogen and oxygen atoms in total. The molecule has 3 rings (SSSR count). The number of rotatable bonds is 4. The number of nitrogens with zero attached hydrogens (tertiary/aromatic N) is 2. The number of carbonyl (C=O) groups is 1. The summed E-state index contributed by atoms with van der Waals surface area (Å²) < 4.78 is 0. The second kappa shape index (κ2) is 10.5. The van der Waals surface area contributed by atoms with Crippen LogP contribution in [0, 0.1) is 5.92 Å². The summed E-state index contributed by atoms with van der Waals surface area (Å²) in [5.41, 5.74) is 0. The predicted octanol–water partition coefficient (Wildman–Crippen LogP) is 3.47. The smallest absolute Gasteiger partial charge is 0.222 e. The van der Waals surface area contributed by atoms with Gasteiger partial charge in [0.1, 0.15) is 0 Å². The van der Waals surface area contributed by atoms with Gasteiger partial charge in [0.15, 0.2) is 0 Å². The van der Waals surface area contributed by atoms with E-state index in [-0.39, 0.29) is 24.8 Å². The third kappa shape index (κ3) is 5.89. The van der Waals surface area contributed by atoms with Crippen LogP contribution in [0.25, 0.3) is 0 Å². The van der Waals surface area contributed by atoms with Gasteiger partial charge in [0, 0.05) is 37.0 Å². The molecule has 2 fully saturated rings. The van der Waals surface area contributed by atoms with Gasteiger partial charge in [-0.1, -0.05) is 0 Å². The van der Waals surface area contributed by atoms with Crippen LogP contribution >= 0.6 is 36.2 Å². The van der Waals surface area contributed by atoms with Gasteiger partial charge in [-0.05, 0) is 51.1 Å². The SMILES string of the molecule is Cl.Cl.O=C(CCC1CCNCC1)N1CCC(c2nccs2)CC1. The highest BCUT2D eigenvalue weighted by molar-refractivity contribution is 7.09. The van der Waals surface area contributed by atoms with E-state index in [9.17, 15) is 4.79 Å². The van der Waals surface area contributed by atoms with Gasteiger partial charge in [0.25, 0.3) is 0 Å². The highest BCUT2D eigenvalue weighted by Crippen LogP contribution is 2.29. The molecule has 0 unspecified atom stereocenters. The van der Waals surface area contributed by atoms with E-state index in [1.807, 2.05) is 11.6 Å². The Balaban J connectivity index is 0.00000132. The Morgan fingerprint density at radius 3 is 2.52 bits per heavy atom. The molecule has 0 spiro atoms. The molecule has 1 N–H and O–H groups in total. The van der Waals surface area contributed by atoms with Gasteiger partial charge in [0.05, 0.1) is 5.01 Å². The summed E-state index contributed by atoms with van der Waals surface area (Å²) in [7, 11) is 0. The zero-order valence-electron chi connectivity index (χ0n) is 13.4. The van der Waals surface area contributed by atoms with E-state index in [1.165, 1.54) is 17.8 Å². The summed E-state index contributed by atoms with van der Waals surface area (Å²) >= 11 is 1.75. The molecule has 2 saturated heterocycles. The first-order valence-electron chi connectivity index (χ1n) is 8.21. The van der Waals surface area contributed by atoms with Crippen molar-refractivity contribution >= 4 is 42.1 Å². The van der Waals surface area contributed by atoms with E-state index < -0.39 is 0 Å². The van der Waals surface area contributed by atoms with E-state index in [0.29, 0.717) is 11.8 Å². The molecule has 1 amide bonds. The summed E-state index contributed by atoms with van der Waals surface area (Å²) in [5, 5.41) is 6.68. The monoisotopic (exact) mass is 379 g/mol. The quantitative estimate of drug-likeness (QED) is 0.870. The molecule has 2 aliphatic heterocycles. The van der Waals surface area contributed by atoms with Gasteiger partial charge in [-0.2, -0.15) is 0 Å². The van der Waals surface area contributed by atoms with E-state index in [4.69, 9.17) is 0 Å². The summed E-state index contributed by atoms with van der Waals surface area (Å²) in [6.07, 6.45) is 8.33. The lowest BCUT2D eigenvalue weighted by Crippen LogP contribution is -2.38. The molecule has 132 valence electrons. The van der Waals surface area contributed by atoms with Crippen LogP contribution in [0.5, 0.6) is 0 Å². The van der Waals surface area contributed by atoms with Crippen LogP contribution in [0.4, 0.5) is 0 Å². The summed E-state index contributed by atoms with van der Waals surface area (Å²) in [5.74, 6) is 1.69. The highest BCUT2D eigenvalue weighted by atomic mass is 35.5. The van der Waals surface area contributed by atoms with E-state index in [1.54, 1.807) is 11.3 Å². The molecule has 0 bridgehead atoms. The maximum atomic E-state index is 12.3. The first kappa shape index (κ1) is 20.7. The van der Waals surface area contributed by atoms with Crippen molar-refractivity contribution in [1.29, 1.82) is 0 Å². The molecular weight excluding hydrogens is 353 g/mol. The van der Waals surface area contributed by atoms with Crippen molar-refractivity contribution in [3.05, 3.63) is 16.6 Å². The summed E-state index contributed by atoms with van der Waals surface area (Å²) in [6.45, 7) is 4.07. The van der Waals surface area contributed by atoms with Crippen molar-refractivity contribution in [3.63, 3.8) is 0 Å². The van der Waals surface area contributed by atoms with Crippen LogP contribution in [-0.4, -0.2) is 42.0 Å². The van der Waals surface area contributed by atoms with Crippen molar-refractivity contribution < 1.29 is 4.79 Å². The van der Waals surface area contributed by atoms with E-state index >= 15 is 0 Å². The zero-order chi connectivity index (χ0) is 14.5. The molecule has 7 heteroatoms. The number of thiazole rings is 1. The summed E-state index contributed by atoms with van der Waals surface area (Å²) in [4.78, 5) is 18.8. The molecule has 0 atom stereocenters. The van der Waals surface area contributed by atoms with Gasteiger partial charge in [-0.25, -0.2) is 4.98 Å². The first-order valence-corrected chi connectivity index (χ1v) is 9.09. The van der Waals surface area contributed by atoms with Gasteiger partial charge in [-0.3, -0.25) is 4.79 Å². The third-order valence-electron chi connectivity index (χ3n) is 4.87. The number of halogens is 2. The molecule has 0 aliphatic carbocycles. The minimum Gasteiger partial charge on any atom is -0.343 e. The van der Waals surface area contributed by atoms with E-state index in [0.717, 1.165) is 57.8 Å². The molecular formula is C16H27Cl2N3OS. The Hall–Kier alpha value is -0.360. The lowest BCUT2D eigenvalue weighted by molar-refractivity contribution is -0.132. The fraction of sp³-hybridized carbons (Fsp3) is 0.750. The number of likely N-dealkylation sites (tertiary alicyclic amines) is 1. The molecule has 1 aromatic heterocycles. The van der Waals surface area contributed by atoms with Gasteiger partial charge in [0.2, 0.25) is 5.91 Å². The Morgan fingerprint density at radius 1 is 1.22 bits per heavy atom. The Bertz CT molecular complexity index is 444. The maximum absolute atomic E-state index is 12.3. The number of nitrogens with one attached hydrogen (secondary N) is 1. The number of hydrogen-bond acceptors (Lipinski definition) is 4. The Labute approximate surface area is 155 Å². The topological polar surface area (TPSA) is 45.2 Å². The second-order valence-corrected chi connectivity index (χ2v) is 7.18. The zero-order valence-corrected chi connectivity index (χ0v) is 15.9. The Kier molecular flexibility index (Phi) is 9.44. The van der Waals surface area contributed by atoms with Crippen LogP contribution in [-0.2, 0) is 4.79 Å². The minimum absolute atomic E-state index is 0. The van der Waals surface area contributed by atoms with Crippen molar-refractivity contribution in [2.75, 3.05) is 26.2 Å². The Morgan fingerprint density at radius 2 is 1.91 bits per heavy atom. The first-order chi connectivity index (χ1) is 10.3. The summed E-state index contributed by atoms with van der Waals surface area (Å²) in [6, 6.07) is 0. The molecule has 0 radical (unpaired) electrons. The standard InChI is InChI=1S/C16H25N3OS.2ClH/c20-15(2-1-13-3-7-17-8-4-13)19-10-5-14(6-11-19)16-18-9-12-21-16;;/h9,12-14,17H,1-8,10-11H2;2*1H. The fourth-order valence-electron chi connectivity index (χ4n) is 3.47. The largest absolute Gasteiger partial charge is 0.343 e. The normalized spacial score (nSPS) is 19.7. The molecule has 1 aromatic rings. The average Bonchev–Trinajstić information content (AvgIpc) is 3.08. The van der Waals surface area contributed by atoms with Gasteiger partial charge in [-0.15, -0.1) is 36.2 Å². The molecule has 3 heterocycles. The fourth-order valence-corrected chi connectivity index (χ4v) is 4.28. The van der Waals surface area contributed by atoms with Crippen molar-refractivity contribution in [1.82, 2.24) is 15.2 Å². The van der Waals surface area contributed by atoms with Crippen molar-refractivity contribution in [2.45, 2.75) is 44.4 Å². The van der Waals surface area contributed by atoms with Gasteiger partial charge >= 0.3 is 0 Å². The average molecular weight is 380 g/mol. The number of piperidine rings is 2. The lowest BCUT2D eigenvalue weighted by atomic mass is 9.92. The molecule has 0 saturated carbocycles. The number of amides is 1. The number of carbonyl (C=O) groups excluding carboxylic acids is 1.